The van der Waals surface area contributed by atoms with Crippen molar-refractivity contribution in [1.29, 1.82) is 0 Å². The van der Waals surface area contributed by atoms with Crippen LogP contribution >= 0.6 is 0 Å². The standard InChI is InChI=1S/C29H37NO7S/c1-7-8-9-10-24-25(21-13-15-22(35-4)16-14-21)19-29(27(31)36-5,28(32)37-6)26(24)30(3)38(33,34)23-17-11-20(2)12-18-23/h11-18,25H,7-10,19H2,1-6H3. The molecule has 2 aromatic carbocycles. The van der Waals surface area contributed by atoms with Gasteiger partial charge in [-0.05, 0) is 61.6 Å². The highest BCUT2D eigenvalue weighted by Gasteiger charge is 2.61. The molecule has 0 N–H and O–H groups in total. The molecule has 0 fully saturated rings. The molecule has 0 spiro atoms. The van der Waals surface area contributed by atoms with E-state index in [9.17, 15) is 18.0 Å². The number of carbonyl (C=O) groups is 2. The van der Waals surface area contributed by atoms with Crippen LogP contribution in [-0.2, 0) is 29.1 Å². The maximum atomic E-state index is 13.9. The smallest absolute Gasteiger partial charge is 0.329 e. The summed E-state index contributed by atoms with van der Waals surface area (Å²) in [5.41, 5.74) is 0.601. The Kier molecular flexibility index (Phi) is 9.25. The van der Waals surface area contributed by atoms with Crippen LogP contribution in [0.25, 0.3) is 0 Å². The monoisotopic (exact) mass is 543 g/mol. The molecule has 2 aromatic rings. The predicted octanol–water partition coefficient (Wildman–Crippen LogP) is 4.98. The molecule has 1 atom stereocenters. The summed E-state index contributed by atoms with van der Waals surface area (Å²) >= 11 is 0. The number of carbonyl (C=O) groups excluding carboxylic acids is 2. The minimum Gasteiger partial charge on any atom is -0.497 e. The van der Waals surface area contributed by atoms with Crippen LogP contribution in [0.2, 0.25) is 0 Å². The molecule has 0 heterocycles. The second kappa shape index (κ2) is 12.0. The van der Waals surface area contributed by atoms with E-state index < -0.39 is 33.3 Å². The highest BCUT2D eigenvalue weighted by molar-refractivity contribution is 7.89. The molecule has 0 radical (unpaired) electrons. The van der Waals surface area contributed by atoms with Crippen molar-refractivity contribution in [2.75, 3.05) is 28.4 Å². The molecule has 3 rings (SSSR count). The molecule has 206 valence electrons. The van der Waals surface area contributed by atoms with E-state index in [4.69, 9.17) is 14.2 Å². The molecule has 8 nitrogen and oxygen atoms in total. The molecule has 0 amide bonds. The van der Waals surface area contributed by atoms with Gasteiger partial charge in [-0.25, -0.2) is 8.42 Å². The van der Waals surface area contributed by atoms with Crippen LogP contribution in [0.3, 0.4) is 0 Å². The summed E-state index contributed by atoms with van der Waals surface area (Å²) in [6, 6.07) is 13.8. The summed E-state index contributed by atoms with van der Waals surface area (Å²) in [4.78, 5) is 27.1. The summed E-state index contributed by atoms with van der Waals surface area (Å²) in [5, 5.41) is 0. The quantitative estimate of drug-likeness (QED) is 0.224. The van der Waals surface area contributed by atoms with Crippen LogP contribution in [0.1, 0.15) is 56.1 Å². The zero-order valence-electron chi connectivity index (χ0n) is 22.9. The van der Waals surface area contributed by atoms with Gasteiger partial charge in [0.2, 0.25) is 5.41 Å². The first kappa shape index (κ1) is 29.2. The van der Waals surface area contributed by atoms with Gasteiger partial charge < -0.3 is 14.2 Å². The molecular weight excluding hydrogens is 506 g/mol. The zero-order valence-corrected chi connectivity index (χ0v) is 23.8. The van der Waals surface area contributed by atoms with E-state index in [2.05, 4.69) is 6.92 Å². The number of allylic oxidation sites excluding steroid dienone is 1. The van der Waals surface area contributed by atoms with E-state index in [-0.39, 0.29) is 17.0 Å². The van der Waals surface area contributed by atoms with Gasteiger partial charge in [-0.3, -0.25) is 13.9 Å². The van der Waals surface area contributed by atoms with E-state index in [0.29, 0.717) is 17.7 Å². The highest BCUT2D eigenvalue weighted by Crippen LogP contribution is 2.55. The average molecular weight is 544 g/mol. The fourth-order valence-corrected chi connectivity index (χ4v) is 6.54. The number of benzene rings is 2. The summed E-state index contributed by atoms with van der Waals surface area (Å²) in [6.45, 7) is 3.94. The average Bonchev–Trinajstić information content (AvgIpc) is 3.27. The first-order chi connectivity index (χ1) is 18.1. The van der Waals surface area contributed by atoms with Crippen molar-refractivity contribution in [2.45, 2.75) is 56.8 Å². The number of aryl methyl sites for hydroxylation is 1. The largest absolute Gasteiger partial charge is 0.497 e. The van der Waals surface area contributed by atoms with E-state index in [1.54, 1.807) is 19.2 Å². The molecule has 0 saturated heterocycles. The maximum Gasteiger partial charge on any atom is 0.329 e. The lowest BCUT2D eigenvalue weighted by atomic mass is 9.81. The van der Waals surface area contributed by atoms with E-state index in [0.717, 1.165) is 34.7 Å². The molecule has 1 aliphatic rings. The first-order valence-electron chi connectivity index (χ1n) is 12.7. The van der Waals surface area contributed by atoms with Crippen molar-refractivity contribution in [3.8, 4) is 5.75 Å². The number of unbranched alkanes of at least 4 members (excludes halogenated alkanes) is 2. The van der Waals surface area contributed by atoms with Crippen LogP contribution in [0, 0.1) is 12.3 Å². The van der Waals surface area contributed by atoms with Crippen molar-refractivity contribution < 1.29 is 32.2 Å². The molecule has 1 aliphatic carbocycles. The number of nitrogens with zero attached hydrogens (tertiary/aromatic N) is 1. The number of sulfonamides is 1. The van der Waals surface area contributed by atoms with Crippen LogP contribution in [0.4, 0.5) is 0 Å². The van der Waals surface area contributed by atoms with Crippen molar-refractivity contribution in [1.82, 2.24) is 4.31 Å². The van der Waals surface area contributed by atoms with Crippen LogP contribution in [0.5, 0.6) is 5.75 Å². The topological polar surface area (TPSA) is 99.2 Å². The van der Waals surface area contributed by atoms with Crippen molar-refractivity contribution in [3.05, 3.63) is 70.9 Å². The normalized spacial score (nSPS) is 16.7. The summed E-state index contributed by atoms with van der Waals surface area (Å²) in [6.07, 6.45) is 3.11. The number of methoxy groups -OCH3 is 3. The highest BCUT2D eigenvalue weighted by atomic mass is 32.2. The second-order valence-corrected chi connectivity index (χ2v) is 11.5. The number of hydrogen-bond acceptors (Lipinski definition) is 7. The van der Waals surface area contributed by atoms with Gasteiger partial charge in [-0.2, -0.15) is 0 Å². The Labute approximate surface area is 225 Å². The summed E-state index contributed by atoms with van der Waals surface area (Å²) < 4.78 is 44.5. The third-order valence-corrected chi connectivity index (χ3v) is 9.04. The fourth-order valence-electron chi connectivity index (χ4n) is 5.23. The Balaban J connectivity index is 2.33. The van der Waals surface area contributed by atoms with Crippen molar-refractivity contribution in [3.63, 3.8) is 0 Å². The van der Waals surface area contributed by atoms with E-state index in [1.807, 2.05) is 31.2 Å². The number of ether oxygens (including phenoxy) is 3. The Morgan fingerprint density at radius 2 is 1.53 bits per heavy atom. The lowest BCUT2D eigenvalue weighted by Crippen LogP contribution is -2.47. The molecule has 1 unspecified atom stereocenters. The lowest BCUT2D eigenvalue weighted by Gasteiger charge is -2.33. The zero-order chi connectivity index (χ0) is 28.1. The first-order valence-corrected chi connectivity index (χ1v) is 14.1. The Morgan fingerprint density at radius 3 is 2.03 bits per heavy atom. The van der Waals surface area contributed by atoms with Gasteiger partial charge in [0, 0.05) is 13.0 Å². The molecule has 9 heteroatoms. The Bertz CT molecular complexity index is 1270. The van der Waals surface area contributed by atoms with Gasteiger partial charge in [-0.15, -0.1) is 0 Å². The third-order valence-electron chi connectivity index (χ3n) is 7.27. The van der Waals surface area contributed by atoms with Gasteiger partial charge in [0.15, 0.2) is 0 Å². The summed E-state index contributed by atoms with van der Waals surface area (Å²) in [7, 11) is 1.21. The molecule has 38 heavy (non-hydrogen) atoms. The van der Waals surface area contributed by atoms with Gasteiger partial charge in [0.1, 0.15) is 5.75 Å². The predicted molar refractivity (Wildman–Crippen MR) is 144 cm³/mol. The number of rotatable bonds is 11. The van der Waals surface area contributed by atoms with Crippen LogP contribution < -0.4 is 4.74 Å². The lowest BCUT2D eigenvalue weighted by molar-refractivity contribution is -0.166. The molecule has 0 aliphatic heterocycles. The minimum absolute atomic E-state index is 0.0107. The van der Waals surface area contributed by atoms with Crippen LogP contribution in [-0.4, -0.2) is 53.0 Å². The Morgan fingerprint density at radius 1 is 0.947 bits per heavy atom. The van der Waals surface area contributed by atoms with Crippen molar-refractivity contribution >= 4 is 22.0 Å². The van der Waals surface area contributed by atoms with E-state index >= 15 is 0 Å². The van der Waals surface area contributed by atoms with Gasteiger partial charge in [-0.1, -0.05) is 49.6 Å². The molecular formula is C29H37NO7S. The minimum atomic E-state index is -4.13. The maximum absolute atomic E-state index is 13.9. The number of esters is 2. The van der Waals surface area contributed by atoms with E-state index in [1.165, 1.54) is 33.4 Å². The number of hydrogen-bond donors (Lipinski definition) is 0. The molecule has 0 saturated carbocycles. The Hall–Kier alpha value is -3.33. The van der Waals surface area contributed by atoms with Gasteiger partial charge >= 0.3 is 11.9 Å². The second-order valence-electron chi connectivity index (χ2n) is 9.53. The van der Waals surface area contributed by atoms with Gasteiger partial charge in [0.25, 0.3) is 10.0 Å². The summed E-state index contributed by atoms with van der Waals surface area (Å²) in [5.74, 6) is -1.46. The molecule has 0 aromatic heterocycles. The van der Waals surface area contributed by atoms with Crippen LogP contribution in [0.15, 0.2) is 64.7 Å². The SMILES string of the molecule is CCCCCC1=C(N(C)S(=O)(=O)c2ccc(C)cc2)C(C(=O)OC)(C(=O)OC)CC1c1ccc(OC)cc1. The van der Waals surface area contributed by atoms with Gasteiger partial charge in [0.05, 0.1) is 31.9 Å². The third kappa shape index (κ3) is 5.29. The van der Waals surface area contributed by atoms with Crippen molar-refractivity contribution in [2.24, 2.45) is 5.41 Å². The fraction of sp³-hybridized carbons (Fsp3) is 0.448. The molecule has 0 bridgehead atoms.